The summed E-state index contributed by atoms with van der Waals surface area (Å²) in [6.45, 7) is 6.04. The largest absolute Gasteiger partial charge is 0.301 e. The van der Waals surface area contributed by atoms with Crippen LogP contribution in [0.1, 0.15) is 28.3 Å². The molecule has 29 heavy (non-hydrogen) atoms. The number of hydrogen-bond acceptors (Lipinski definition) is 2. The van der Waals surface area contributed by atoms with Crippen LogP contribution in [-0.2, 0) is 9.59 Å². The molecule has 1 heterocycles. The van der Waals surface area contributed by atoms with Gasteiger partial charge in [-0.05, 0) is 50.6 Å². The normalized spacial score (nSPS) is 17.0. The molecule has 0 aliphatic carbocycles. The van der Waals surface area contributed by atoms with Gasteiger partial charge in [0.05, 0.1) is 0 Å². The summed E-state index contributed by atoms with van der Waals surface area (Å²) in [5.41, 5.74) is 5.63. The summed E-state index contributed by atoms with van der Waals surface area (Å²) in [6.07, 6.45) is 0. The molecule has 0 spiro atoms. The fourth-order valence-electron chi connectivity index (χ4n) is 3.67. The van der Waals surface area contributed by atoms with Crippen molar-refractivity contribution < 1.29 is 9.59 Å². The molecule has 1 aliphatic rings. The van der Waals surface area contributed by atoms with Crippen LogP contribution in [0, 0.1) is 20.8 Å². The molecule has 3 aromatic carbocycles. The van der Waals surface area contributed by atoms with E-state index in [0.717, 1.165) is 33.6 Å². The molecule has 1 unspecified atom stereocenters. The molecule has 0 N–H and O–H groups in total. The number of benzene rings is 3. The monoisotopic (exact) mass is 384 g/mol. The van der Waals surface area contributed by atoms with Crippen molar-refractivity contribution in [1.29, 1.82) is 0 Å². The average molecular weight is 384 g/mol. The second kappa shape index (κ2) is 7.55. The zero-order valence-corrected chi connectivity index (χ0v) is 16.9. The van der Waals surface area contributed by atoms with Crippen LogP contribution in [0.2, 0.25) is 0 Å². The lowest BCUT2D eigenvalue weighted by atomic mass is 9.98. The molecule has 4 nitrogen and oxygen atoms in total. The molecule has 3 aromatic rings. The molecule has 1 aliphatic heterocycles. The first-order chi connectivity index (χ1) is 13.9. The van der Waals surface area contributed by atoms with Crippen LogP contribution in [0.5, 0.6) is 0 Å². The van der Waals surface area contributed by atoms with Gasteiger partial charge in [-0.1, -0.05) is 65.2 Å². The Morgan fingerprint density at radius 1 is 0.655 bits per heavy atom. The zero-order valence-electron chi connectivity index (χ0n) is 16.9. The topological polar surface area (TPSA) is 40.6 Å². The SMILES string of the molecule is Cc1ccc(C2C(=O)N(c3ccc(C)cc3)CC(=O)N2c2ccc(C)cc2)cc1. The Morgan fingerprint density at radius 2 is 1.10 bits per heavy atom. The molecule has 0 radical (unpaired) electrons. The first-order valence-corrected chi connectivity index (χ1v) is 9.77. The number of rotatable bonds is 3. The summed E-state index contributed by atoms with van der Waals surface area (Å²) in [4.78, 5) is 30.1. The van der Waals surface area contributed by atoms with E-state index < -0.39 is 6.04 Å². The Hall–Kier alpha value is -3.40. The Kier molecular flexibility index (Phi) is 4.93. The van der Waals surface area contributed by atoms with Crippen LogP contribution < -0.4 is 9.80 Å². The van der Waals surface area contributed by atoms with Crippen LogP contribution in [0.15, 0.2) is 72.8 Å². The van der Waals surface area contributed by atoms with Crippen LogP contribution in [-0.4, -0.2) is 18.4 Å². The van der Waals surface area contributed by atoms with Gasteiger partial charge in [0.1, 0.15) is 12.6 Å². The van der Waals surface area contributed by atoms with E-state index in [1.54, 1.807) is 9.80 Å². The quantitative estimate of drug-likeness (QED) is 0.655. The summed E-state index contributed by atoms with van der Waals surface area (Å²) < 4.78 is 0. The second-order valence-corrected chi connectivity index (χ2v) is 7.67. The maximum Gasteiger partial charge on any atom is 0.255 e. The molecular formula is C25H24N2O2. The van der Waals surface area contributed by atoms with Crippen LogP contribution in [0.25, 0.3) is 0 Å². The molecule has 0 aromatic heterocycles. The standard InChI is InChI=1S/C25H24N2O2/c1-17-4-10-20(11-5-17)24-25(29)26(21-12-6-18(2)7-13-21)16-23(28)27(24)22-14-8-19(3)9-15-22/h4-15,24H,16H2,1-3H3. The van der Waals surface area contributed by atoms with Gasteiger partial charge < -0.3 is 4.90 Å². The summed E-state index contributed by atoms with van der Waals surface area (Å²) in [6, 6.07) is 22.6. The number of carbonyl (C=O) groups is 2. The molecule has 1 saturated heterocycles. The number of amides is 2. The highest BCUT2D eigenvalue weighted by atomic mass is 16.2. The maximum absolute atomic E-state index is 13.6. The van der Waals surface area contributed by atoms with Gasteiger partial charge in [-0.25, -0.2) is 0 Å². The van der Waals surface area contributed by atoms with Crippen molar-refractivity contribution in [3.8, 4) is 0 Å². The lowest BCUT2D eigenvalue weighted by Crippen LogP contribution is -2.56. The molecule has 0 saturated carbocycles. The third kappa shape index (κ3) is 3.66. The van der Waals surface area contributed by atoms with Gasteiger partial charge in [-0.3, -0.25) is 14.5 Å². The summed E-state index contributed by atoms with van der Waals surface area (Å²) in [7, 11) is 0. The smallest absolute Gasteiger partial charge is 0.255 e. The first-order valence-electron chi connectivity index (χ1n) is 9.77. The third-order valence-electron chi connectivity index (χ3n) is 5.37. The number of anilines is 2. The van der Waals surface area contributed by atoms with Gasteiger partial charge in [-0.2, -0.15) is 0 Å². The number of carbonyl (C=O) groups excluding carboxylic acids is 2. The number of nitrogens with zero attached hydrogens (tertiary/aromatic N) is 2. The van der Waals surface area contributed by atoms with Crippen molar-refractivity contribution >= 4 is 23.2 Å². The van der Waals surface area contributed by atoms with Crippen LogP contribution >= 0.6 is 0 Å². The fraction of sp³-hybridized carbons (Fsp3) is 0.200. The minimum Gasteiger partial charge on any atom is -0.301 e. The van der Waals surface area contributed by atoms with Gasteiger partial charge in [0, 0.05) is 11.4 Å². The Morgan fingerprint density at radius 3 is 1.62 bits per heavy atom. The molecule has 1 fully saturated rings. The molecule has 4 heteroatoms. The second-order valence-electron chi connectivity index (χ2n) is 7.67. The molecule has 0 bridgehead atoms. The molecular weight excluding hydrogens is 360 g/mol. The van der Waals surface area contributed by atoms with E-state index in [1.165, 1.54) is 0 Å². The minimum absolute atomic E-state index is 0.0259. The molecule has 1 atom stereocenters. The van der Waals surface area contributed by atoms with E-state index >= 15 is 0 Å². The van der Waals surface area contributed by atoms with Crippen molar-refractivity contribution in [1.82, 2.24) is 0 Å². The molecule has 4 rings (SSSR count). The Labute approximate surface area is 171 Å². The zero-order chi connectivity index (χ0) is 20.5. The van der Waals surface area contributed by atoms with Gasteiger partial charge in [0.25, 0.3) is 5.91 Å². The van der Waals surface area contributed by atoms with Gasteiger partial charge in [0.15, 0.2) is 0 Å². The predicted molar refractivity (Wildman–Crippen MR) is 116 cm³/mol. The van der Waals surface area contributed by atoms with Gasteiger partial charge in [-0.15, -0.1) is 0 Å². The van der Waals surface area contributed by atoms with E-state index in [4.69, 9.17) is 0 Å². The van der Waals surface area contributed by atoms with E-state index in [9.17, 15) is 9.59 Å². The fourth-order valence-corrected chi connectivity index (χ4v) is 3.67. The van der Waals surface area contributed by atoms with Crippen LogP contribution in [0.4, 0.5) is 11.4 Å². The van der Waals surface area contributed by atoms with Crippen molar-refractivity contribution in [3.05, 3.63) is 95.1 Å². The lowest BCUT2D eigenvalue weighted by molar-refractivity contribution is -0.128. The van der Waals surface area contributed by atoms with Crippen molar-refractivity contribution in [2.75, 3.05) is 16.3 Å². The highest BCUT2D eigenvalue weighted by Crippen LogP contribution is 2.34. The number of piperazine rings is 1. The molecule has 146 valence electrons. The van der Waals surface area contributed by atoms with E-state index in [1.807, 2.05) is 93.6 Å². The first kappa shape index (κ1) is 18.9. The highest BCUT2D eigenvalue weighted by molar-refractivity contribution is 6.14. The van der Waals surface area contributed by atoms with Gasteiger partial charge >= 0.3 is 0 Å². The number of hydrogen-bond donors (Lipinski definition) is 0. The summed E-state index contributed by atoms with van der Waals surface area (Å²) in [5.74, 6) is -0.197. The Balaban J connectivity index is 1.80. The van der Waals surface area contributed by atoms with E-state index in [2.05, 4.69) is 0 Å². The van der Waals surface area contributed by atoms with E-state index in [-0.39, 0.29) is 18.4 Å². The summed E-state index contributed by atoms with van der Waals surface area (Å²) in [5, 5.41) is 0. The van der Waals surface area contributed by atoms with Crippen molar-refractivity contribution in [2.45, 2.75) is 26.8 Å². The Bertz CT molecular complexity index is 1040. The van der Waals surface area contributed by atoms with Crippen molar-refractivity contribution in [2.24, 2.45) is 0 Å². The third-order valence-corrected chi connectivity index (χ3v) is 5.37. The highest BCUT2D eigenvalue weighted by Gasteiger charge is 2.41. The minimum atomic E-state index is -0.694. The van der Waals surface area contributed by atoms with Crippen LogP contribution in [0.3, 0.4) is 0 Å². The van der Waals surface area contributed by atoms with E-state index in [0.29, 0.717) is 0 Å². The average Bonchev–Trinajstić information content (AvgIpc) is 2.71. The lowest BCUT2D eigenvalue weighted by Gasteiger charge is -2.40. The number of aryl methyl sites for hydroxylation is 3. The maximum atomic E-state index is 13.6. The summed E-state index contributed by atoms with van der Waals surface area (Å²) >= 11 is 0. The molecule has 2 amide bonds. The van der Waals surface area contributed by atoms with Crippen molar-refractivity contribution in [3.63, 3.8) is 0 Å². The van der Waals surface area contributed by atoms with Gasteiger partial charge in [0.2, 0.25) is 5.91 Å². The predicted octanol–water partition coefficient (Wildman–Crippen LogP) is 4.73.